The Labute approximate surface area is 390 Å². The summed E-state index contributed by atoms with van der Waals surface area (Å²) >= 11 is 0. The van der Waals surface area contributed by atoms with Crippen LogP contribution in [0, 0.1) is 0 Å². The van der Waals surface area contributed by atoms with Gasteiger partial charge in [-0.25, -0.2) is 0 Å². The molecule has 0 radical (unpaired) electrons. The van der Waals surface area contributed by atoms with Gasteiger partial charge in [0, 0.05) is 6.42 Å². The minimum absolute atomic E-state index is 0.00908. The topological polar surface area (TPSA) is 108 Å². The summed E-state index contributed by atoms with van der Waals surface area (Å²) in [6.45, 7) is 4.57. The van der Waals surface area contributed by atoms with Crippen molar-refractivity contribution in [2.45, 2.75) is 251 Å². The summed E-state index contributed by atoms with van der Waals surface area (Å²) in [6, 6.07) is -0.908. The number of quaternary nitrogens is 1. The lowest BCUT2D eigenvalue weighted by Crippen LogP contribution is -2.45. The summed E-state index contributed by atoms with van der Waals surface area (Å²) in [5, 5.41) is 13.8. The van der Waals surface area contributed by atoms with Crippen molar-refractivity contribution in [3.63, 3.8) is 0 Å². The number of amides is 1. The lowest BCUT2D eigenvalue weighted by Gasteiger charge is -2.29. The molecule has 370 valence electrons. The number of rotatable bonds is 48. The van der Waals surface area contributed by atoms with Gasteiger partial charge in [0.25, 0.3) is 7.82 Å². The zero-order chi connectivity index (χ0) is 46.4. The van der Waals surface area contributed by atoms with Crippen molar-refractivity contribution in [1.82, 2.24) is 5.32 Å². The molecule has 0 spiro atoms. The highest BCUT2D eigenvalue weighted by molar-refractivity contribution is 7.45. The number of carbonyl (C=O) groups excluding carboxylic acids is 1. The number of carbonyl (C=O) groups is 1. The zero-order valence-electron chi connectivity index (χ0n) is 42.0. The third-order valence-electron chi connectivity index (χ3n) is 11.7. The molecule has 0 saturated heterocycles. The summed E-state index contributed by atoms with van der Waals surface area (Å²) in [7, 11) is 1.24. The molecule has 3 atom stereocenters. The van der Waals surface area contributed by atoms with E-state index in [0.717, 1.165) is 51.4 Å². The molecule has 2 N–H and O–H groups in total. The van der Waals surface area contributed by atoms with Crippen LogP contribution < -0.4 is 10.2 Å². The van der Waals surface area contributed by atoms with Crippen molar-refractivity contribution >= 4 is 13.7 Å². The predicted octanol–water partition coefficient (Wildman–Crippen LogP) is 15.0. The van der Waals surface area contributed by atoms with E-state index < -0.39 is 26.6 Å². The Balaban J connectivity index is 4.10. The highest BCUT2D eigenvalue weighted by Crippen LogP contribution is 2.38. The fraction of sp³-hybridized carbons (Fsp3) is 0.833. The van der Waals surface area contributed by atoms with Gasteiger partial charge in [0.15, 0.2) is 0 Å². The number of nitrogens with one attached hydrogen (secondary N) is 1. The maximum Gasteiger partial charge on any atom is 0.268 e. The van der Waals surface area contributed by atoms with Gasteiger partial charge >= 0.3 is 0 Å². The number of phosphoric ester groups is 1. The molecule has 0 aromatic carbocycles. The number of nitrogens with zero attached hydrogens (tertiary/aromatic N) is 1. The molecule has 0 rings (SSSR count). The second-order valence-corrected chi connectivity index (χ2v) is 20.6. The molecule has 0 heterocycles. The Bertz CT molecular complexity index is 1170. The van der Waals surface area contributed by atoms with Gasteiger partial charge in [-0.05, 0) is 64.2 Å². The third kappa shape index (κ3) is 48.2. The number of phosphoric acid groups is 1. The van der Waals surface area contributed by atoms with Crippen LogP contribution in [0.2, 0.25) is 0 Å². The lowest BCUT2D eigenvalue weighted by atomic mass is 10.0. The van der Waals surface area contributed by atoms with Gasteiger partial charge < -0.3 is 28.8 Å². The van der Waals surface area contributed by atoms with Crippen LogP contribution in [0.25, 0.3) is 0 Å². The first-order valence-electron chi connectivity index (χ1n) is 26.5. The molecule has 0 aliphatic rings. The van der Waals surface area contributed by atoms with Gasteiger partial charge in [-0.3, -0.25) is 9.36 Å². The minimum Gasteiger partial charge on any atom is -0.756 e. The molecule has 0 saturated carbocycles. The second-order valence-electron chi connectivity index (χ2n) is 19.2. The lowest BCUT2D eigenvalue weighted by molar-refractivity contribution is -0.870. The largest absolute Gasteiger partial charge is 0.756 e. The van der Waals surface area contributed by atoms with Crippen LogP contribution in [0.15, 0.2) is 48.6 Å². The number of unbranched alkanes of at least 4 members (excludes halogenated alkanes) is 29. The van der Waals surface area contributed by atoms with Crippen LogP contribution in [0.5, 0.6) is 0 Å². The van der Waals surface area contributed by atoms with Gasteiger partial charge in [0.05, 0.1) is 39.9 Å². The summed E-state index contributed by atoms with van der Waals surface area (Å²) in [5.41, 5.74) is 0. The Morgan fingerprint density at radius 3 is 1.33 bits per heavy atom. The first-order chi connectivity index (χ1) is 30.5. The predicted molar refractivity (Wildman–Crippen MR) is 270 cm³/mol. The molecule has 0 aliphatic carbocycles. The van der Waals surface area contributed by atoms with Gasteiger partial charge in [0.1, 0.15) is 13.2 Å². The molecule has 0 aliphatic heterocycles. The van der Waals surface area contributed by atoms with Crippen LogP contribution >= 0.6 is 7.82 Å². The van der Waals surface area contributed by atoms with Gasteiger partial charge in [-0.1, -0.05) is 217 Å². The molecule has 0 aromatic heterocycles. The summed E-state index contributed by atoms with van der Waals surface area (Å²) in [6.07, 6.45) is 59.1. The van der Waals surface area contributed by atoms with E-state index in [9.17, 15) is 19.4 Å². The van der Waals surface area contributed by atoms with E-state index in [1.165, 1.54) is 167 Å². The average molecular weight is 907 g/mol. The van der Waals surface area contributed by atoms with Crippen LogP contribution in [0.4, 0.5) is 0 Å². The normalized spacial score (nSPS) is 14.5. The smallest absolute Gasteiger partial charge is 0.268 e. The van der Waals surface area contributed by atoms with Gasteiger partial charge in [0.2, 0.25) is 5.91 Å². The number of hydrogen-bond donors (Lipinski definition) is 2. The standard InChI is InChI=1S/C54H103N2O6P/c1-6-8-10-12-14-16-18-20-21-22-23-24-25-26-27-28-29-30-31-32-33-34-35-36-38-40-42-44-46-48-54(58)55-52(51-62-63(59,60)61-50-49-56(3,4)5)53(57)47-45-43-41-39-37-19-17-15-13-11-9-7-2/h13,15,22-23,37,39,45,47,52-53,57H,6-12,14,16-21,24-36,38,40-44,46,48-51H2,1-5H3,(H-,55,58,59,60)/b15-13+,23-22-,39-37+,47-45+. The first-order valence-corrected chi connectivity index (χ1v) is 28.0. The second kappa shape index (κ2) is 45.6. The third-order valence-corrected chi connectivity index (χ3v) is 12.7. The molecule has 1 amide bonds. The molecule has 63 heavy (non-hydrogen) atoms. The average Bonchev–Trinajstić information content (AvgIpc) is 3.24. The fourth-order valence-corrected chi connectivity index (χ4v) is 8.24. The van der Waals surface area contributed by atoms with Gasteiger partial charge in [-0.15, -0.1) is 0 Å². The highest BCUT2D eigenvalue weighted by atomic mass is 31.2. The van der Waals surface area contributed by atoms with Crippen molar-refractivity contribution < 1.29 is 32.9 Å². The van der Waals surface area contributed by atoms with E-state index in [4.69, 9.17) is 9.05 Å². The minimum atomic E-state index is -4.60. The van der Waals surface area contributed by atoms with Crippen molar-refractivity contribution in [1.29, 1.82) is 0 Å². The summed E-state index contributed by atoms with van der Waals surface area (Å²) < 4.78 is 23.2. The van der Waals surface area contributed by atoms with Crippen molar-refractivity contribution in [3.8, 4) is 0 Å². The van der Waals surface area contributed by atoms with E-state index in [2.05, 4.69) is 55.6 Å². The molecule has 9 heteroatoms. The molecular weight excluding hydrogens is 804 g/mol. The Hall–Kier alpha value is -1.54. The number of likely N-dealkylation sites (N-methyl/N-ethyl adjacent to an activating group) is 1. The van der Waals surface area contributed by atoms with E-state index in [-0.39, 0.29) is 12.5 Å². The monoisotopic (exact) mass is 907 g/mol. The Morgan fingerprint density at radius 2 is 0.905 bits per heavy atom. The van der Waals surface area contributed by atoms with Crippen molar-refractivity contribution in [2.75, 3.05) is 40.9 Å². The summed E-state index contributed by atoms with van der Waals surface area (Å²) in [5.74, 6) is -0.211. The highest BCUT2D eigenvalue weighted by Gasteiger charge is 2.23. The van der Waals surface area contributed by atoms with Crippen molar-refractivity contribution in [3.05, 3.63) is 48.6 Å². The van der Waals surface area contributed by atoms with Crippen LogP contribution in [-0.4, -0.2) is 68.5 Å². The molecule has 3 unspecified atom stereocenters. The SMILES string of the molecule is CCCC/C=C/CC/C=C/CC/C=C/C(O)C(COP(=O)([O-])OCC[N+](C)(C)C)NC(=O)CCCCCCCCCCCCCCCCCCC/C=C\CCCCCCCCCC. The Kier molecular flexibility index (Phi) is 44.5. The van der Waals surface area contributed by atoms with Crippen LogP contribution in [0.3, 0.4) is 0 Å². The molecular formula is C54H103N2O6P. The summed E-state index contributed by atoms with van der Waals surface area (Å²) in [4.78, 5) is 25.4. The Morgan fingerprint density at radius 1 is 0.540 bits per heavy atom. The number of aliphatic hydroxyl groups excluding tert-OH is 1. The first kappa shape index (κ1) is 61.5. The van der Waals surface area contributed by atoms with E-state index in [1.807, 2.05) is 27.2 Å². The van der Waals surface area contributed by atoms with Crippen molar-refractivity contribution in [2.24, 2.45) is 0 Å². The number of hydrogen-bond acceptors (Lipinski definition) is 6. The van der Waals surface area contributed by atoms with Crippen LogP contribution in [0.1, 0.15) is 239 Å². The zero-order valence-corrected chi connectivity index (χ0v) is 42.9. The molecule has 8 nitrogen and oxygen atoms in total. The maximum absolute atomic E-state index is 12.9. The van der Waals surface area contributed by atoms with E-state index in [1.54, 1.807) is 6.08 Å². The quantitative estimate of drug-likeness (QED) is 0.0272. The molecule has 0 bridgehead atoms. The fourth-order valence-electron chi connectivity index (χ4n) is 7.52. The number of allylic oxidation sites excluding steroid dienone is 7. The maximum atomic E-state index is 12.9. The van der Waals surface area contributed by atoms with E-state index >= 15 is 0 Å². The van der Waals surface area contributed by atoms with E-state index in [0.29, 0.717) is 17.4 Å². The molecule has 0 fully saturated rings. The van der Waals surface area contributed by atoms with Crippen LogP contribution in [-0.2, 0) is 18.4 Å². The number of aliphatic hydroxyl groups is 1. The van der Waals surface area contributed by atoms with Gasteiger partial charge in [-0.2, -0.15) is 0 Å². The molecule has 0 aromatic rings.